The molecule has 2 heterocycles. The molecule has 8 heteroatoms. The van der Waals surface area contributed by atoms with Crippen molar-refractivity contribution < 1.29 is 24.2 Å². The van der Waals surface area contributed by atoms with Gasteiger partial charge in [0.1, 0.15) is 11.8 Å². The molecule has 0 aliphatic carbocycles. The molecule has 32 heavy (non-hydrogen) atoms. The quantitative estimate of drug-likeness (QED) is 0.460. The van der Waals surface area contributed by atoms with Crippen LogP contribution in [0.1, 0.15) is 49.8 Å². The molecule has 1 amide bonds. The second-order valence-electron chi connectivity index (χ2n) is 8.28. The molecule has 1 fully saturated rings. The lowest BCUT2D eigenvalue weighted by molar-refractivity contribution is -0.146. The Morgan fingerprint density at radius 1 is 1.16 bits per heavy atom. The summed E-state index contributed by atoms with van der Waals surface area (Å²) in [5.41, 5.74) is 1.33. The lowest BCUT2D eigenvalue weighted by Crippen LogP contribution is -2.45. The average Bonchev–Trinajstić information content (AvgIpc) is 2.81. The molecule has 1 saturated heterocycles. The largest absolute Gasteiger partial charge is 0.465 e. The van der Waals surface area contributed by atoms with Crippen molar-refractivity contribution >= 4 is 23.7 Å². The highest BCUT2D eigenvalue weighted by Crippen LogP contribution is 2.39. The number of ether oxygens (including phenoxy) is 2. The minimum atomic E-state index is -0.692. The fourth-order valence-electron chi connectivity index (χ4n) is 3.89. The van der Waals surface area contributed by atoms with Gasteiger partial charge in [-0.25, -0.2) is 9.78 Å². The van der Waals surface area contributed by atoms with E-state index in [9.17, 15) is 14.7 Å². The van der Waals surface area contributed by atoms with Crippen LogP contribution in [0.3, 0.4) is 0 Å². The number of aliphatic hydroxyl groups excluding tert-OH is 1. The van der Waals surface area contributed by atoms with Crippen LogP contribution in [0.4, 0.5) is 4.79 Å². The zero-order valence-corrected chi connectivity index (χ0v) is 19.0. The summed E-state index contributed by atoms with van der Waals surface area (Å²) in [6.45, 7) is 2.90. The van der Waals surface area contributed by atoms with E-state index in [2.05, 4.69) is 4.98 Å². The molecule has 1 aliphatic heterocycles. The summed E-state index contributed by atoms with van der Waals surface area (Å²) in [5.74, 6) is -0.337. The second kappa shape index (κ2) is 11.3. The van der Waals surface area contributed by atoms with Gasteiger partial charge in [-0.15, -0.1) is 0 Å². The number of piperidine rings is 1. The Morgan fingerprint density at radius 3 is 2.50 bits per heavy atom. The molecule has 0 radical (unpaired) electrons. The highest BCUT2D eigenvalue weighted by atomic mass is 35.5. The normalized spacial score (nSPS) is 16.3. The summed E-state index contributed by atoms with van der Waals surface area (Å²) in [7, 11) is 0. The number of likely N-dealkylation sites (tertiary alicyclic amines) is 1. The van der Waals surface area contributed by atoms with Crippen LogP contribution in [0, 0.1) is 5.41 Å². The van der Waals surface area contributed by atoms with E-state index in [1.165, 1.54) is 6.92 Å². The van der Waals surface area contributed by atoms with E-state index in [0.717, 1.165) is 5.56 Å². The van der Waals surface area contributed by atoms with E-state index in [-0.39, 0.29) is 30.7 Å². The van der Waals surface area contributed by atoms with Crippen molar-refractivity contribution in [1.29, 1.82) is 0 Å². The predicted octanol–water partition coefficient (Wildman–Crippen LogP) is 4.53. The van der Waals surface area contributed by atoms with Gasteiger partial charge in [-0.3, -0.25) is 4.79 Å². The van der Waals surface area contributed by atoms with Crippen LogP contribution in [-0.4, -0.2) is 46.7 Å². The van der Waals surface area contributed by atoms with E-state index in [4.69, 9.17) is 21.1 Å². The zero-order chi connectivity index (χ0) is 23.0. The number of rotatable bonds is 8. The first-order chi connectivity index (χ1) is 15.4. The minimum Gasteiger partial charge on any atom is -0.465 e. The Morgan fingerprint density at radius 2 is 1.88 bits per heavy atom. The van der Waals surface area contributed by atoms with Crippen molar-refractivity contribution in [2.45, 2.75) is 45.3 Å². The average molecular weight is 461 g/mol. The predicted molar refractivity (Wildman–Crippen MR) is 120 cm³/mol. The third-order valence-corrected chi connectivity index (χ3v) is 6.18. The fraction of sp³-hybridized carbons (Fsp3) is 0.458. The van der Waals surface area contributed by atoms with Gasteiger partial charge in [0.15, 0.2) is 0 Å². The van der Waals surface area contributed by atoms with Crippen LogP contribution >= 0.6 is 11.6 Å². The molecule has 1 unspecified atom stereocenters. The summed E-state index contributed by atoms with van der Waals surface area (Å²) >= 11 is 5.82. The van der Waals surface area contributed by atoms with Gasteiger partial charge in [0.05, 0.1) is 12.7 Å². The molecular weight excluding hydrogens is 432 g/mol. The molecule has 1 aromatic carbocycles. The van der Waals surface area contributed by atoms with Crippen LogP contribution in [-0.2, 0) is 20.9 Å². The maximum Gasteiger partial charge on any atom is 0.410 e. The van der Waals surface area contributed by atoms with Gasteiger partial charge < -0.3 is 19.5 Å². The van der Waals surface area contributed by atoms with Crippen LogP contribution in [0.5, 0.6) is 0 Å². The number of halogens is 1. The molecule has 1 N–H and O–H groups in total. The number of hydrogen-bond donors (Lipinski definition) is 1. The van der Waals surface area contributed by atoms with Crippen LogP contribution in [0.15, 0.2) is 48.7 Å². The van der Waals surface area contributed by atoms with Gasteiger partial charge in [0.25, 0.3) is 0 Å². The highest BCUT2D eigenvalue weighted by molar-refractivity contribution is 6.29. The van der Waals surface area contributed by atoms with Crippen LogP contribution < -0.4 is 0 Å². The van der Waals surface area contributed by atoms with Gasteiger partial charge in [0, 0.05) is 31.6 Å². The number of benzene rings is 1. The number of carbonyl (C=O) groups excluding carboxylic acids is 2. The number of aliphatic hydroxyl groups is 1. The summed E-state index contributed by atoms with van der Waals surface area (Å²) in [5, 5.41) is 11.0. The molecular formula is C24H29ClN2O5. The first kappa shape index (κ1) is 24.0. The summed E-state index contributed by atoms with van der Waals surface area (Å²) < 4.78 is 10.8. The molecule has 0 saturated carbocycles. The standard InChI is InChI=1S/C24H29ClN2O5/c1-18(28)32-17-24(10-9-21(29)20-7-8-22(25)26-15-20)11-13-27(14-12-24)23(30)31-16-19-5-3-2-4-6-19/h2-8,15,21,29H,9-14,16-17H2,1H3. The fourth-order valence-corrected chi connectivity index (χ4v) is 4.00. The topological polar surface area (TPSA) is 89.0 Å². The SMILES string of the molecule is CC(=O)OCC1(CCC(O)c2ccc(Cl)nc2)CCN(C(=O)OCc2ccccc2)CC1. The summed E-state index contributed by atoms with van der Waals surface area (Å²) in [6.07, 6.45) is 2.99. The minimum absolute atomic E-state index is 0.232. The Kier molecular flexibility index (Phi) is 8.47. The molecule has 0 bridgehead atoms. The lowest BCUT2D eigenvalue weighted by Gasteiger charge is -2.41. The van der Waals surface area contributed by atoms with Crippen molar-refractivity contribution in [3.8, 4) is 0 Å². The van der Waals surface area contributed by atoms with Gasteiger partial charge >= 0.3 is 12.1 Å². The van der Waals surface area contributed by atoms with E-state index in [1.807, 2.05) is 30.3 Å². The maximum absolute atomic E-state index is 12.5. The monoisotopic (exact) mass is 460 g/mol. The highest BCUT2D eigenvalue weighted by Gasteiger charge is 2.37. The molecule has 2 aromatic rings. The molecule has 1 aliphatic rings. The molecule has 7 nitrogen and oxygen atoms in total. The third kappa shape index (κ3) is 6.93. The Balaban J connectivity index is 1.55. The zero-order valence-electron chi connectivity index (χ0n) is 18.2. The molecule has 3 rings (SSSR count). The van der Waals surface area contributed by atoms with E-state index < -0.39 is 6.10 Å². The van der Waals surface area contributed by atoms with Crippen molar-refractivity contribution in [2.75, 3.05) is 19.7 Å². The van der Waals surface area contributed by atoms with Crippen molar-refractivity contribution in [3.05, 3.63) is 64.9 Å². The van der Waals surface area contributed by atoms with Crippen molar-refractivity contribution in [1.82, 2.24) is 9.88 Å². The number of esters is 1. The van der Waals surface area contributed by atoms with Gasteiger partial charge in [0.2, 0.25) is 0 Å². The second-order valence-corrected chi connectivity index (χ2v) is 8.66. The van der Waals surface area contributed by atoms with Gasteiger partial charge in [-0.1, -0.05) is 48.0 Å². The third-order valence-electron chi connectivity index (χ3n) is 5.95. The summed E-state index contributed by atoms with van der Waals surface area (Å²) in [4.78, 5) is 29.6. The van der Waals surface area contributed by atoms with Crippen LogP contribution in [0.2, 0.25) is 5.15 Å². The number of aromatic nitrogens is 1. The molecule has 1 aromatic heterocycles. The number of amides is 1. The van der Waals surface area contributed by atoms with E-state index >= 15 is 0 Å². The maximum atomic E-state index is 12.5. The Labute approximate surface area is 193 Å². The van der Waals surface area contributed by atoms with Crippen LogP contribution in [0.25, 0.3) is 0 Å². The molecule has 1 atom stereocenters. The van der Waals surface area contributed by atoms with Gasteiger partial charge in [-0.05, 0) is 42.9 Å². The number of hydrogen-bond acceptors (Lipinski definition) is 6. The van der Waals surface area contributed by atoms with E-state index in [1.54, 1.807) is 23.2 Å². The smallest absolute Gasteiger partial charge is 0.410 e. The summed E-state index contributed by atoms with van der Waals surface area (Å²) in [6, 6.07) is 12.9. The van der Waals surface area contributed by atoms with Crippen molar-refractivity contribution in [3.63, 3.8) is 0 Å². The number of carbonyl (C=O) groups is 2. The first-order valence-corrected chi connectivity index (χ1v) is 11.1. The Hall–Kier alpha value is -2.64. The first-order valence-electron chi connectivity index (χ1n) is 10.8. The van der Waals surface area contributed by atoms with Gasteiger partial charge in [-0.2, -0.15) is 0 Å². The molecule has 0 spiro atoms. The number of pyridine rings is 1. The lowest BCUT2D eigenvalue weighted by atomic mass is 9.74. The Bertz CT molecular complexity index is 883. The number of nitrogens with zero attached hydrogens (tertiary/aromatic N) is 2. The molecule has 172 valence electrons. The van der Waals surface area contributed by atoms with Crippen molar-refractivity contribution in [2.24, 2.45) is 5.41 Å². The van der Waals surface area contributed by atoms with E-state index in [0.29, 0.717) is 49.5 Å².